The molecule has 0 radical (unpaired) electrons. The monoisotopic (exact) mass is 225 g/mol. The lowest BCUT2D eigenvalue weighted by atomic mass is 10.1. The van der Waals surface area contributed by atoms with E-state index in [4.69, 9.17) is 4.52 Å². The van der Waals surface area contributed by atoms with Crippen molar-refractivity contribution in [3.8, 4) is 0 Å². The van der Waals surface area contributed by atoms with Gasteiger partial charge in [0.2, 0.25) is 5.89 Å². The molecular formula is C12H23N3O. The van der Waals surface area contributed by atoms with E-state index in [0.29, 0.717) is 11.9 Å². The Morgan fingerprint density at radius 3 is 2.44 bits per heavy atom. The van der Waals surface area contributed by atoms with Crippen molar-refractivity contribution in [1.82, 2.24) is 15.5 Å². The standard InChI is InChI=1S/C12H23N3O/c1-5-8-10(6-2)14-11(7-3)12-13-9(4)16-15-12/h10-11,14H,5-8H2,1-4H3. The summed E-state index contributed by atoms with van der Waals surface area (Å²) in [4.78, 5) is 4.29. The highest BCUT2D eigenvalue weighted by molar-refractivity contribution is 4.93. The van der Waals surface area contributed by atoms with Crippen LogP contribution in [0.1, 0.15) is 64.2 Å². The van der Waals surface area contributed by atoms with Gasteiger partial charge in [-0.2, -0.15) is 4.98 Å². The second-order valence-electron chi connectivity index (χ2n) is 4.19. The molecule has 1 aromatic heterocycles. The Labute approximate surface area is 97.8 Å². The number of aryl methyl sites for hydroxylation is 1. The van der Waals surface area contributed by atoms with Gasteiger partial charge in [-0.3, -0.25) is 0 Å². The molecule has 0 aliphatic heterocycles. The van der Waals surface area contributed by atoms with Crippen LogP contribution in [0.3, 0.4) is 0 Å². The summed E-state index contributed by atoms with van der Waals surface area (Å²) < 4.78 is 5.02. The lowest BCUT2D eigenvalue weighted by Gasteiger charge is -2.21. The van der Waals surface area contributed by atoms with Crippen LogP contribution >= 0.6 is 0 Å². The van der Waals surface area contributed by atoms with Crippen molar-refractivity contribution in [3.63, 3.8) is 0 Å². The Bertz CT molecular complexity index is 298. The van der Waals surface area contributed by atoms with Crippen LogP contribution in [0.25, 0.3) is 0 Å². The summed E-state index contributed by atoms with van der Waals surface area (Å²) in [6.07, 6.45) is 4.53. The van der Waals surface area contributed by atoms with Crippen molar-refractivity contribution in [2.45, 2.75) is 65.5 Å². The smallest absolute Gasteiger partial charge is 0.223 e. The van der Waals surface area contributed by atoms with Gasteiger partial charge in [0, 0.05) is 13.0 Å². The van der Waals surface area contributed by atoms with Crippen molar-refractivity contribution in [2.24, 2.45) is 0 Å². The molecule has 4 nitrogen and oxygen atoms in total. The topological polar surface area (TPSA) is 51.0 Å². The van der Waals surface area contributed by atoms with Crippen molar-refractivity contribution in [1.29, 1.82) is 0 Å². The fourth-order valence-electron chi connectivity index (χ4n) is 1.87. The molecule has 16 heavy (non-hydrogen) atoms. The molecule has 1 heterocycles. The molecule has 2 unspecified atom stereocenters. The fourth-order valence-corrected chi connectivity index (χ4v) is 1.87. The maximum absolute atomic E-state index is 5.02. The van der Waals surface area contributed by atoms with E-state index in [9.17, 15) is 0 Å². The van der Waals surface area contributed by atoms with Gasteiger partial charge in [-0.25, -0.2) is 0 Å². The van der Waals surface area contributed by atoms with Crippen LogP contribution in [-0.4, -0.2) is 16.2 Å². The number of hydrogen-bond acceptors (Lipinski definition) is 4. The van der Waals surface area contributed by atoms with Crippen molar-refractivity contribution in [2.75, 3.05) is 0 Å². The lowest BCUT2D eigenvalue weighted by molar-refractivity contribution is 0.352. The zero-order chi connectivity index (χ0) is 12.0. The SMILES string of the molecule is CCCC(CC)NC(CC)c1noc(C)n1. The molecule has 2 atom stereocenters. The van der Waals surface area contributed by atoms with Crippen LogP contribution in [0, 0.1) is 6.92 Å². The zero-order valence-corrected chi connectivity index (χ0v) is 10.8. The summed E-state index contributed by atoms with van der Waals surface area (Å²) in [6.45, 7) is 8.39. The molecule has 0 aliphatic rings. The largest absolute Gasteiger partial charge is 0.340 e. The highest BCUT2D eigenvalue weighted by Crippen LogP contribution is 2.16. The molecule has 0 saturated carbocycles. The van der Waals surface area contributed by atoms with E-state index in [1.807, 2.05) is 6.92 Å². The van der Waals surface area contributed by atoms with Gasteiger partial charge in [-0.1, -0.05) is 32.3 Å². The molecule has 92 valence electrons. The van der Waals surface area contributed by atoms with Gasteiger partial charge in [0.25, 0.3) is 0 Å². The van der Waals surface area contributed by atoms with Gasteiger partial charge < -0.3 is 9.84 Å². The van der Waals surface area contributed by atoms with Crippen LogP contribution < -0.4 is 5.32 Å². The van der Waals surface area contributed by atoms with Gasteiger partial charge in [-0.15, -0.1) is 0 Å². The maximum atomic E-state index is 5.02. The first-order chi connectivity index (χ1) is 7.71. The highest BCUT2D eigenvalue weighted by Gasteiger charge is 2.18. The average Bonchev–Trinajstić information content (AvgIpc) is 2.71. The first-order valence-electron chi connectivity index (χ1n) is 6.27. The summed E-state index contributed by atoms with van der Waals surface area (Å²) in [6, 6.07) is 0.766. The summed E-state index contributed by atoms with van der Waals surface area (Å²) in [5, 5.41) is 7.58. The van der Waals surface area contributed by atoms with E-state index < -0.39 is 0 Å². The van der Waals surface area contributed by atoms with E-state index in [1.165, 1.54) is 12.8 Å². The second-order valence-corrected chi connectivity index (χ2v) is 4.19. The van der Waals surface area contributed by atoms with Crippen LogP contribution in [0.15, 0.2) is 4.52 Å². The van der Waals surface area contributed by atoms with Gasteiger partial charge >= 0.3 is 0 Å². The molecule has 0 fully saturated rings. The Balaban J connectivity index is 2.60. The Morgan fingerprint density at radius 1 is 1.25 bits per heavy atom. The molecule has 0 saturated heterocycles. The van der Waals surface area contributed by atoms with E-state index in [-0.39, 0.29) is 6.04 Å². The van der Waals surface area contributed by atoms with Crippen LogP contribution in [0.4, 0.5) is 0 Å². The summed E-state index contributed by atoms with van der Waals surface area (Å²) in [7, 11) is 0. The third-order valence-corrected chi connectivity index (χ3v) is 2.83. The molecule has 0 spiro atoms. The molecule has 0 aliphatic carbocycles. The first kappa shape index (κ1) is 13.2. The van der Waals surface area contributed by atoms with Crippen LogP contribution in [-0.2, 0) is 0 Å². The van der Waals surface area contributed by atoms with Crippen molar-refractivity contribution in [3.05, 3.63) is 11.7 Å². The number of hydrogen-bond donors (Lipinski definition) is 1. The highest BCUT2D eigenvalue weighted by atomic mass is 16.5. The van der Waals surface area contributed by atoms with E-state index in [2.05, 4.69) is 36.2 Å². The lowest BCUT2D eigenvalue weighted by Crippen LogP contribution is -2.32. The van der Waals surface area contributed by atoms with E-state index in [0.717, 1.165) is 18.7 Å². The van der Waals surface area contributed by atoms with Crippen molar-refractivity contribution >= 4 is 0 Å². The van der Waals surface area contributed by atoms with E-state index in [1.54, 1.807) is 0 Å². The maximum Gasteiger partial charge on any atom is 0.223 e. The minimum Gasteiger partial charge on any atom is -0.340 e. The molecule has 0 bridgehead atoms. The molecular weight excluding hydrogens is 202 g/mol. The van der Waals surface area contributed by atoms with Gasteiger partial charge in [-0.05, 0) is 19.3 Å². The van der Waals surface area contributed by atoms with E-state index >= 15 is 0 Å². The number of aromatic nitrogens is 2. The first-order valence-corrected chi connectivity index (χ1v) is 6.27. The zero-order valence-electron chi connectivity index (χ0n) is 10.8. The minimum atomic E-state index is 0.217. The minimum absolute atomic E-state index is 0.217. The Kier molecular flexibility index (Phi) is 5.46. The summed E-state index contributed by atoms with van der Waals surface area (Å²) >= 11 is 0. The predicted molar refractivity (Wildman–Crippen MR) is 64.2 cm³/mol. The Morgan fingerprint density at radius 2 is 2.00 bits per heavy atom. The summed E-state index contributed by atoms with van der Waals surface area (Å²) in [5.41, 5.74) is 0. The van der Waals surface area contributed by atoms with Gasteiger partial charge in [0.15, 0.2) is 5.82 Å². The number of rotatable bonds is 7. The molecule has 0 aromatic carbocycles. The summed E-state index contributed by atoms with van der Waals surface area (Å²) in [5.74, 6) is 1.42. The normalized spacial score (nSPS) is 15.0. The third-order valence-electron chi connectivity index (χ3n) is 2.83. The van der Waals surface area contributed by atoms with Gasteiger partial charge in [0.1, 0.15) is 0 Å². The Hall–Kier alpha value is -0.900. The average molecular weight is 225 g/mol. The third kappa shape index (κ3) is 3.59. The van der Waals surface area contributed by atoms with Crippen molar-refractivity contribution < 1.29 is 4.52 Å². The molecule has 4 heteroatoms. The molecule has 1 rings (SSSR count). The molecule has 0 amide bonds. The fraction of sp³-hybridized carbons (Fsp3) is 0.833. The quantitative estimate of drug-likeness (QED) is 0.775. The molecule has 1 aromatic rings. The predicted octanol–water partition coefficient (Wildman–Crippen LogP) is 3.00. The molecule has 1 N–H and O–H groups in total. The van der Waals surface area contributed by atoms with Crippen LogP contribution in [0.5, 0.6) is 0 Å². The number of nitrogens with one attached hydrogen (secondary N) is 1. The number of nitrogens with zero attached hydrogens (tertiary/aromatic N) is 2. The second kappa shape index (κ2) is 6.63. The van der Waals surface area contributed by atoms with Gasteiger partial charge in [0.05, 0.1) is 6.04 Å². The van der Waals surface area contributed by atoms with Crippen LogP contribution in [0.2, 0.25) is 0 Å².